The molecule has 3 N–H and O–H groups in total. The molecule has 0 radical (unpaired) electrons. The van der Waals surface area contributed by atoms with Gasteiger partial charge >= 0.3 is 23.9 Å². The van der Waals surface area contributed by atoms with Gasteiger partial charge in [0.15, 0.2) is 24.6 Å². The number of unbranched alkanes of at least 4 members (excludes halogenated alkanes) is 37. The number of carboxylic acid groups (broad SMARTS) is 1. The van der Waals surface area contributed by atoms with E-state index in [9.17, 15) is 34.5 Å². The van der Waals surface area contributed by atoms with E-state index in [1.165, 1.54) is 173 Å². The van der Waals surface area contributed by atoms with Gasteiger partial charge in [-0.25, -0.2) is 4.79 Å². The van der Waals surface area contributed by atoms with Gasteiger partial charge in [-0.3, -0.25) is 14.4 Å². The van der Waals surface area contributed by atoms with Crippen LogP contribution in [0.2, 0.25) is 0 Å². The molecule has 0 spiro atoms. The molecule has 0 saturated carbocycles. The van der Waals surface area contributed by atoms with E-state index in [2.05, 4.69) is 32.9 Å². The molecule has 1 aliphatic rings. The zero-order chi connectivity index (χ0) is 53.3. The first-order valence-electron chi connectivity index (χ1n) is 30.7. The van der Waals surface area contributed by atoms with E-state index >= 15 is 0 Å². The van der Waals surface area contributed by atoms with Crippen molar-refractivity contribution >= 4 is 23.9 Å². The Bertz CT molecular complexity index is 1320. The third kappa shape index (κ3) is 40.4. The number of ether oxygens (including phenoxy) is 5. The topological polar surface area (TPSA) is 175 Å². The van der Waals surface area contributed by atoms with Crippen molar-refractivity contribution < 1.29 is 58.2 Å². The van der Waals surface area contributed by atoms with Gasteiger partial charge in [-0.05, 0) is 44.9 Å². The normalized spacial score (nSPS) is 18.3. The highest BCUT2D eigenvalue weighted by atomic mass is 16.7. The summed E-state index contributed by atoms with van der Waals surface area (Å²) in [4.78, 5) is 51.1. The Hall–Kier alpha value is -2.54. The zero-order valence-corrected chi connectivity index (χ0v) is 47.2. The smallest absolute Gasteiger partial charge is 0.335 e. The predicted molar refractivity (Wildman–Crippen MR) is 294 cm³/mol. The predicted octanol–water partition coefficient (Wildman–Crippen LogP) is 15.7. The number of aliphatic carboxylic acids is 1. The van der Waals surface area contributed by atoms with E-state index in [-0.39, 0.29) is 25.9 Å². The fourth-order valence-electron chi connectivity index (χ4n) is 9.60. The standard InChI is InChI=1S/C61H112O12/c1-4-7-10-13-16-19-22-24-25-26-27-28-29-31-34-37-40-43-46-49-55(64)72-59-57(66)56(65)58(60(67)68)73-61(59)70-51-52(71-54(63)48-45-42-39-36-32-21-18-15-12-9-6-3)50-69-53(62)47-44-41-38-35-33-30-23-20-17-14-11-8-5-2/h24-25,52,56-59,61,65-66H,4-23,26-51H2,1-3H3,(H,67,68)/b25-24-. The average Bonchev–Trinajstić information content (AvgIpc) is 3.37. The summed E-state index contributed by atoms with van der Waals surface area (Å²) in [5.41, 5.74) is 0. The largest absolute Gasteiger partial charge is 0.479 e. The molecule has 6 atom stereocenters. The Morgan fingerprint density at radius 2 is 0.781 bits per heavy atom. The highest BCUT2D eigenvalue weighted by molar-refractivity contribution is 5.74. The average molecular weight is 1040 g/mol. The lowest BCUT2D eigenvalue weighted by Crippen LogP contribution is -2.61. The van der Waals surface area contributed by atoms with Gasteiger partial charge in [0.2, 0.25) is 0 Å². The van der Waals surface area contributed by atoms with Gasteiger partial charge in [0.25, 0.3) is 0 Å². The van der Waals surface area contributed by atoms with Crippen molar-refractivity contribution in [3.05, 3.63) is 12.2 Å². The maximum absolute atomic E-state index is 13.1. The second-order valence-electron chi connectivity index (χ2n) is 21.4. The molecule has 12 nitrogen and oxygen atoms in total. The summed E-state index contributed by atoms with van der Waals surface area (Å²) in [5, 5.41) is 31.5. The molecule has 1 aliphatic heterocycles. The summed E-state index contributed by atoms with van der Waals surface area (Å²) in [5.74, 6) is -3.08. The molecule has 1 saturated heterocycles. The second kappa shape index (κ2) is 50.3. The van der Waals surface area contributed by atoms with Crippen molar-refractivity contribution in [2.75, 3.05) is 13.2 Å². The second-order valence-corrected chi connectivity index (χ2v) is 21.4. The SMILES string of the molecule is CCCCCCCC/C=C\CCCCCCCCCCCC(=O)OC1C(OCC(COC(=O)CCCCCCCCCCCCCCC)OC(=O)CCCCCCCCCCCCC)OC(C(=O)O)C(O)C1O. The summed E-state index contributed by atoms with van der Waals surface area (Å²) < 4.78 is 28.4. The Labute approximate surface area is 446 Å². The van der Waals surface area contributed by atoms with Crippen LogP contribution in [0.5, 0.6) is 0 Å². The summed E-state index contributed by atoms with van der Waals surface area (Å²) in [6, 6.07) is 0. The Morgan fingerprint density at radius 3 is 1.16 bits per heavy atom. The van der Waals surface area contributed by atoms with Crippen LogP contribution in [0.25, 0.3) is 0 Å². The lowest BCUT2D eigenvalue weighted by Gasteiger charge is -2.40. The van der Waals surface area contributed by atoms with Gasteiger partial charge in [-0.1, -0.05) is 251 Å². The van der Waals surface area contributed by atoms with Crippen LogP contribution in [-0.2, 0) is 42.9 Å². The van der Waals surface area contributed by atoms with Crippen LogP contribution in [0.15, 0.2) is 12.2 Å². The van der Waals surface area contributed by atoms with Crippen LogP contribution in [0.4, 0.5) is 0 Å². The van der Waals surface area contributed by atoms with Gasteiger partial charge < -0.3 is 39.0 Å². The van der Waals surface area contributed by atoms with Crippen LogP contribution < -0.4 is 0 Å². The fraction of sp³-hybridized carbons (Fsp3) is 0.902. The van der Waals surface area contributed by atoms with E-state index in [4.69, 9.17) is 23.7 Å². The van der Waals surface area contributed by atoms with E-state index in [0.29, 0.717) is 19.3 Å². The first kappa shape index (κ1) is 68.5. The summed E-state index contributed by atoms with van der Waals surface area (Å²) in [6.45, 7) is 6.01. The van der Waals surface area contributed by atoms with Crippen LogP contribution in [0.1, 0.15) is 303 Å². The van der Waals surface area contributed by atoms with E-state index in [1.54, 1.807) is 0 Å². The number of carbonyl (C=O) groups excluding carboxylic acids is 3. The quantitative estimate of drug-likeness (QED) is 0.0228. The van der Waals surface area contributed by atoms with Crippen molar-refractivity contribution in [3.8, 4) is 0 Å². The molecule has 0 amide bonds. The molecule has 0 aromatic rings. The van der Waals surface area contributed by atoms with Crippen LogP contribution in [-0.4, -0.2) is 89.2 Å². The number of aliphatic hydroxyl groups excluding tert-OH is 2. The van der Waals surface area contributed by atoms with E-state index in [1.807, 2.05) is 0 Å². The molecule has 6 unspecified atom stereocenters. The molecular weight excluding hydrogens is 925 g/mol. The highest BCUT2D eigenvalue weighted by Gasteiger charge is 2.50. The van der Waals surface area contributed by atoms with E-state index < -0.39 is 67.3 Å². The minimum Gasteiger partial charge on any atom is -0.479 e. The van der Waals surface area contributed by atoms with Crippen LogP contribution in [0.3, 0.4) is 0 Å². The molecule has 0 aromatic carbocycles. The van der Waals surface area contributed by atoms with Crippen molar-refractivity contribution in [2.45, 2.75) is 340 Å². The summed E-state index contributed by atoms with van der Waals surface area (Å²) in [7, 11) is 0. The van der Waals surface area contributed by atoms with Gasteiger partial charge in [-0.15, -0.1) is 0 Å². The number of rotatable bonds is 53. The minimum atomic E-state index is -1.90. The molecule has 428 valence electrons. The number of aliphatic hydroxyl groups is 2. The number of carbonyl (C=O) groups is 4. The first-order valence-corrected chi connectivity index (χ1v) is 30.7. The molecular formula is C61H112O12. The zero-order valence-electron chi connectivity index (χ0n) is 47.2. The summed E-state index contributed by atoms with van der Waals surface area (Å²) >= 11 is 0. The maximum atomic E-state index is 13.1. The molecule has 1 rings (SSSR count). The third-order valence-electron chi connectivity index (χ3n) is 14.3. The fourth-order valence-corrected chi connectivity index (χ4v) is 9.60. The van der Waals surface area contributed by atoms with Gasteiger partial charge in [0.1, 0.15) is 18.8 Å². The molecule has 0 aliphatic carbocycles. The number of allylic oxidation sites excluding steroid dienone is 2. The summed E-state index contributed by atoms with van der Waals surface area (Å²) in [6.07, 6.45) is 43.2. The molecule has 1 fully saturated rings. The number of esters is 3. The number of hydrogen-bond acceptors (Lipinski definition) is 11. The first-order chi connectivity index (χ1) is 35.6. The Morgan fingerprint density at radius 1 is 0.438 bits per heavy atom. The Kier molecular flexibility index (Phi) is 47.2. The van der Waals surface area contributed by atoms with Gasteiger partial charge in [-0.2, -0.15) is 0 Å². The molecule has 73 heavy (non-hydrogen) atoms. The van der Waals surface area contributed by atoms with Crippen LogP contribution >= 0.6 is 0 Å². The van der Waals surface area contributed by atoms with Crippen molar-refractivity contribution in [3.63, 3.8) is 0 Å². The van der Waals surface area contributed by atoms with Gasteiger partial charge in [0, 0.05) is 19.3 Å². The van der Waals surface area contributed by atoms with Crippen molar-refractivity contribution in [1.29, 1.82) is 0 Å². The third-order valence-corrected chi connectivity index (χ3v) is 14.3. The molecule has 1 heterocycles. The monoisotopic (exact) mass is 1040 g/mol. The lowest BCUT2D eigenvalue weighted by molar-refractivity contribution is -0.301. The maximum Gasteiger partial charge on any atom is 0.335 e. The molecule has 12 heteroatoms. The van der Waals surface area contributed by atoms with Crippen molar-refractivity contribution in [1.82, 2.24) is 0 Å². The number of carboxylic acids is 1. The number of hydrogen-bond donors (Lipinski definition) is 3. The van der Waals surface area contributed by atoms with Crippen molar-refractivity contribution in [2.24, 2.45) is 0 Å². The molecule has 0 aromatic heterocycles. The minimum absolute atomic E-state index is 0.0647. The van der Waals surface area contributed by atoms with Crippen LogP contribution in [0, 0.1) is 0 Å². The molecule has 0 bridgehead atoms. The lowest BCUT2D eigenvalue weighted by atomic mass is 9.98. The van der Waals surface area contributed by atoms with E-state index in [0.717, 1.165) is 70.6 Å². The highest BCUT2D eigenvalue weighted by Crippen LogP contribution is 2.27. The van der Waals surface area contributed by atoms with Gasteiger partial charge in [0.05, 0.1) is 6.61 Å². The Balaban J connectivity index is 2.62.